The highest BCUT2D eigenvalue weighted by molar-refractivity contribution is 5.57. The van der Waals surface area contributed by atoms with E-state index in [9.17, 15) is 0 Å². The number of likely N-dealkylation sites (N-methyl/N-ethyl adjacent to an activating group) is 1. The van der Waals surface area contributed by atoms with Gasteiger partial charge in [-0.2, -0.15) is 0 Å². The summed E-state index contributed by atoms with van der Waals surface area (Å²) in [6.07, 6.45) is 4.39. The first-order chi connectivity index (χ1) is 6.65. The molecule has 0 spiro atoms. The molecule has 0 saturated carbocycles. The van der Waals surface area contributed by atoms with Crippen LogP contribution in [0.3, 0.4) is 0 Å². The molecule has 0 aromatic heterocycles. The minimum Gasteiger partial charge on any atom is -0.314 e. The number of rotatable bonds is 3. The smallest absolute Gasteiger partial charge is 0.0221 e. The molecule has 0 amide bonds. The van der Waals surface area contributed by atoms with E-state index >= 15 is 0 Å². The molecule has 1 unspecified atom stereocenters. The topological polar surface area (TPSA) is 12.0 Å². The lowest BCUT2D eigenvalue weighted by molar-refractivity contribution is 0.731. The summed E-state index contributed by atoms with van der Waals surface area (Å²) in [6, 6.07) is 6.82. The van der Waals surface area contributed by atoms with Crippen LogP contribution in [-0.2, 0) is 0 Å². The van der Waals surface area contributed by atoms with Crippen molar-refractivity contribution in [3.05, 3.63) is 41.0 Å². The number of nitrogens with one attached hydrogen (secondary N) is 1. The first-order valence-corrected chi connectivity index (χ1v) is 5.07. The van der Waals surface area contributed by atoms with Gasteiger partial charge in [-0.1, -0.05) is 30.4 Å². The van der Waals surface area contributed by atoms with E-state index < -0.39 is 0 Å². The van der Waals surface area contributed by atoms with Crippen molar-refractivity contribution < 1.29 is 0 Å². The molecule has 1 aromatic rings. The van der Waals surface area contributed by atoms with Gasteiger partial charge in [-0.15, -0.1) is 0 Å². The van der Waals surface area contributed by atoms with Gasteiger partial charge in [-0.25, -0.2) is 0 Å². The van der Waals surface area contributed by atoms with Gasteiger partial charge in [0.25, 0.3) is 0 Å². The van der Waals surface area contributed by atoms with Crippen LogP contribution in [0.15, 0.2) is 24.3 Å². The van der Waals surface area contributed by atoms with E-state index in [2.05, 4.69) is 56.4 Å². The van der Waals surface area contributed by atoms with Crippen molar-refractivity contribution in [3.63, 3.8) is 0 Å². The van der Waals surface area contributed by atoms with Crippen LogP contribution in [0.4, 0.5) is 0 Å². The predicted molar refractivity (Wildman–Crippen MR) is 63.5 cm³/mol. The highest BCUT2D eigenvalue weighted by atomic mass is 14.8. The summed E-state index contributed by atoms with van der Waals surface area (Å²) in [7, 11) is 1.97. The standard InChI is InChI=1S/C13H19N/c1-10-6-5-7-11(2)13(10)9-8-12(3)14-4/h5-9,12,14H,1-4H3/b9-8+. The predicted octanol–water partition coefficient (Wildman–Crippen LogP) is 2.92. The first-order valence-electron chi connectivity index (χ1n) is 5.07. The van der Waals surface area contributed by atoms with E-state index in [0.717, 1.165) is 0 Å². The molecule has 0 fully saturated rings. The van der Waals surface area contributed by atoms with Crippen LogP contribution in [0.25, 0.3) is 6.08 Å². The van der Waals surface area contributed by atoms with E-state index in [1.165, 1.54) is 16.7 Å². The lowest BCUT2D eigenvalue weighted by Crippen LogP contribution is -2.17. The van der Waals surface area contributed by atoms with Crippen molar-refractivity contribution >= 4 is 6.08 Å². The lowest BCUT2D eigenvalue weighted by Gasteiger charge is -2.06. The van der Waals surface area contributed by atoms with Gasteiger partial charge >= 0.3 is 0 Å². The second-order valence-corrected chi connectivity index (χ2v) is 3.74. The van der Waals surface area contributed by atoms with E-state index in [1.807, 2.05) is 7.05 Å². The van der Waals surface area contributed by atoms with Gasteiger partial charge in [0, 0.05) is 6.04 Å². The first kappa shape index (κ1) is 11.0. The maximum atomic E-state index is 3.19. The molecule has 0 saturated heterocycles. The fourth-order valence-electron chi connectivity index (χ4n) is 1.43. The Bertz CT molecular complexity index is 306. The Morgan fingerprint density at radius 2 is 1.79 bits per heavy atom. The van der Waals surface area contributed by atoms with E-state index in [1.54, 1.807) is 0 Å². The SMILES string of the molecule is CNC(C)/C=C/c1c(C)cccc1C. The largest absolute Gasteiger partial charge is 0.314 e. The van der Waals surface area contributed by atoms with Crippen LogP contribution in [0.5, 0.6) is 0 Å². The summed E-state index contributed by atoms with van der Waals surface area (Å²) in [6.45, 7) is 6.44. The molecule has 1 N–H and O–H groups in total. The van der Waals surface area contributed by atoms with E-state index in [4.69, 9.17) is 0 Å². The van der Waals surface area contributed by atoms with Crippen molar-refractivity contribution in [2.24, 2.45) is 0 Å². The van der Waals surface area contributed by atoms with Crippen molar-refractivity contribution in [3.8, 4) is 0 Å². The van der Waals surface area contributed by atoms with E-state index in [-0.39, 0.29) is 0 Å². The molecule has 1 nitrogen and oxygen atoms in total. The highest BCUT2D eigenvalue weighted by Crippen LogP contribution is 2.14. The van der Waals surface area contributed by atoms with Crippen molar-refractivity contribution in [2.45, 2.75) is 26.8 Å². The Labute approximate surface area is 86.8 Å². The van der Waals surface area contributed by atoms with Gasteiger partial charge in [0.15, 0.2) is 0 Å². The number of hydrogen-bond donors (Lipinski definition) is 1. The van der Waals surface area contributed by atoms with Gasteiger partial charge in [0.1, 0.15) is 0 Å². The third-order valence-electron chi connectivity index (χ3n) is 2.55. The molecule has 1 atom stereocenters. The zero-order valence-electron chi connectivity index (χ0n) is 9.46. The molecule has 0 bridgehead atoms. The quantitative estimate of drug-likeness (QED) is 0.771. The zero-order chi connectivity index (χ0) is 10.6. The van der Waals surface area contributed by atoms with Gasteiger partial charge in [-0.3, -0.25) is 0 Å². The molecular weight excluding hydrogens is 170 g/mol. The average molecular weight is 189 g/mol. The fraction of sp³-hybridized carbons (Fsp3) is 0.385. The highest BCUT2D eigenvalue weighted by Gasteiger charge is 1.97. The van der Waals surface area contributed by atoms with Crippen LogP contribution in [-0.4, -0.2) is 13.1 Å². The molecular formula is C13H19N. The Balaban J connectivity index is 2.91. The lowest BCUT2D eigenvalue weighted by atomic mass is 10.0. The normalized spacial score (nSPS) is 13.4. The molecule has 0 aliphatic rings. The van der Waals surface area contributed by atoms with Crippen molar-refractivity contribution in [1.82, 2.24) is 5.32 Å². The average Bonchev–Trinajstić information content (AvgIpc) is 2.16. The van der Waals surface area contributed by atoms with Crippen molar-refractivity contribution in [2.75, 3.05) is 7.05 Å². The van der Waals surface area contributed by atoms with Gasteiger partial charge in [0.05, 0.1) is 0 Å². The van der Waals surface area contributed by atoms with Crippen LogP contribution in [0.1, 0.15) is 23.6 Å². The van der Waals surface area contributed by atoms with Gasteiger partial charge in [0.2, 0.25) is 0 Å². The minimum absolute atomic E-state index is 0.425. The molecule has 14 heavy (non-hydrogen) atoms. The molecule has 1 rings (SSSR count). The molecule has 76 valence electrons. The molecule has 0 heterocycles. The second kappa shape index (κ2) is 4.97. The molecule has 0 aliphatic heterocycles. The maximum absolute atomic E-state index is 3.19. The van der Waals surface area contributed by atoms with Gasteiger partial charge < -0.3 is 5.32 Å². The Morgan fingerprint density at radius 3 is 2.29 bits per heavy atom. The monoisotopic (exact) mass is 189 g/mol. The summed E-state index contributed by atoms with van der Waals surface area (Å²) in [5.74, 6) is 0. The molecule has 0 radical (unpaired) electrons. The second-order valence-electron chi connectivity index (χ2n) is 3.74. The van der Waals surface area contributed by atoms with Gasteiger partial charge in [-0.05, 0) is 44.5 Å². The van der Waals surface area contributed by atoms with Crippen LogP contribution >= 0.6 is 0 Å². The molecule has 1 heteroatoms. The van der Waals surface area contributed by atoms with E-state index in [0.29, 0.717) is 6.04 Å². The summed E-state index contributed by atoms with van der Waals surface area (Å²) in [5.41, 5.74) is 4.02. The number of aryl methyl sites for hydroxylation is 2. The summed E-state index contributed by atoms with van der Waals surface area (Å²) in [5, 5.41) is 3.19. The fourth-order valence-corrected chi connectivity index (χ4v) is 1.43. The Morgan fingerprint density at radius 1 is 1.21 bits per heavy atom. The number of benzene rings is 1. The minimum atomic E-state index is 0.425. The summed E-state index contributed by atoms with van der Waals surface area (Å²) in [4.78, 5) is 0. The summed E-state index contributed by atoms with van der Waals surface area (Å²) < 4.78 is 0. The third kappa shape index (κ3) is 2.71. The van der Waals surface area contributed by atoms with Crippen molar-refractivity contribution in [1.29, 1.82) is 0 Å². The zero-order valence-corrected chi connectivity index (χ0v) is 9.46. The molecule has 0 aliphatic carbocycles. The van der Waals surface area contributed by atoms with Crippen LogP contribution < -0.4 is 5.32 Å². The van der Waals surface area contributed by atoms with Crippen LogP contribution in [0.2, 0.25) is 0 Å². The Hall–Kier alpha value is -1.08. The van der Waals surface area contributed by atoms with Crippen LogP contribution in [0, 0.1) is 13.8 Å². The third-order valence-corrected chi connectivity index (χ3v) is 2.55. The molecule has 1 aromatic carbocycles. The Kier molecular flexibility index (Phi) is 3.90. The number of hydrogen-bond acceptors (Lipinski definition) is 1. The summed E-state index contributed by atoms with van der Waals surface area (Å²) >= 11 is 0. The maximum Gasteiger partial charge on any atom is 0.0221 e.